The largest absolute Gasteiger partial charge is 0.385 e. The predicted octanol–water partition coefficient (Wildman–Crippen LogP) is 1.87. The molecule has 5 nitrogen and oxygen atoms in total. The Hall–Kier alpha value is -1.76. The van der Waals surface area contributed by atoms with Crippen LogP contribution in [0.1, 0.15) is 11.1 Å². The van der Waals surface area contributed by atoms with E-state index in [0.29, 0.717) is 13.2 Å². The van der Waals surface area contributed by atoms with Crippen molar-refractivity contribution in [3.63, 3.8) is 0 Å². The minimum atomic E-state index is -1.25. The van der Waals surface area contributed by atoms with E-state index in [0.717, 1.165) is 11.1 Å². The molecular weight excluding hydrogens is 308 g/mol. The van der Waals surface area contributed by atoms with Crippen LogP contribution in [0.2, 0.25) is 0 Å². The van der Waals surface area contributed by atoms with Gasteiger partial charge in [-0.25, -0.2) is 0 Å². The second-order valence-electron chi connectivity index (χ2n) is 5.82. The molecule has 2 aromatic rings. The maximum Gasteiger partial charge on any atom is 0.184 e. The minimum Gasteiger partial charge on any atom is -0.385 e. The summed E-state index contributed by atoms with van der Waals surface area (Å²) >= 11 is 0. The van der Waals surface area contributed by atoms with Crippen molar-refractivity contribution in [2.24, 2.45) is 0 Å². The fraction of sp³-hybridized carbons (Fsp3) is 0.368. The molecule has 0 unspecified atom stereocenters. The molecule has 1 aliphatic rings. The Morgan fingerprint density at radius 2 is 1.42 bits per heavy atom. The summed E-state index contributed by atoms with van der Waals surface area (Å²) in [6, 6.07) is 19.5. The molecule has 24 heavy (non-hydrogen) atoms. The fourth-order valence-electron chi connectivity index (χ4n) is 2.69. The van der Waals surface area contributed by atoms with Gasteiger partial charge in [-0.2, -0.15) is 0 Å². The molecule has 0 bridgehead atoms. The summed E-state index contributed by atoms with van der Waals surface area (Å²) in [5.41, 5.74) is 2.05. The van der Waals surface area contributed by atoms with E-state index < -0.39 is 24.6 Å². The Kier molecular flexibility index (Phi) is 5.96. The van der Waals surface area contributed by atoms with Crippen LogP contribution in [0.25, 0.3) is 0 Å². The zero-order chi connectivity index (χ0) is 16.8. The average molecular weight is 330 g/mol. The summed E-state index contributed by atoms with van der Waals surface area (Å²) in [4.78, 5) is 0. The minimum absolute atomic E-state index is 0.239. The third-order valence-corrected chi connectivity index (χ3v) is 3.99. The van der Waals surface area contributed by atoms with Gasteiger partial charge in [0, 0.05) is 0 Å². The number of benzene rings is 2. The number of ether oxygens (including phenoxy) is 3. The molecule has 2 aromatic carbocycles. The van der Waals surface area contributed by atoms with Gasteiger partial charge in [0.2, 0.25) is 0 Å². The SMILES string of the molecule is O[C@H]1[C@@H](OCc2ccccc2)[C@H](COCc2ccccc2)O[C@H]1O. The summed E-state index contributed by atoms with van der Waals surface area (Å²) < 4.78 is 16.8. The van der Waals surface area contributed by atoms with Crippen LogP contribution in [-0.2, 0) is 27.4 Å². The van der Waals surface area contributed by atoms with E-state index in [1.54, 1.807) is 0 Å². The van der Waals surface area contributed by atoms with Crippen LogP contribution in [0.3, 0.4) is 0 Å². The molecule has 0 aromatic heterocycles. The molecule has 1 heterocycles. The van der Waals surface area contributed by atoms with E-state index in [1.807, 2.05) is 60.7 Å². The van der Waals surface area contributed by atoms with E-state index in [2.05, 4.69) is 0 Å². The molecule has 0 aliphatic carbocycles. The first kappa shape index (κ1) is 17.1. The van der Waals surface area contributed by atoms with Crippen LogP contribution >= 0.6 is 0 Å². The molecule has 0 saturated carbocycles. The lowest BCUT2D eigenvalue weighted by Gasteiger charge is -2.20. The van der Waals surface area contributed by atoms with Crippen LogP contribution < -0.4 is 0 Å². The number of hydrogen-bond donors (Lipinski definition) is 2. The van der Waals surface area contributed by atoms with Crippen molar-refractivity contribution in [3.05, 3.63) is 71.8 Å². The summed E-state index contributed by atoms with van der Waals surface area (Å²) in [5, 5.41) is 19.8. The van der Waals surface area contributed by atoms with Crippen molar-refractivity contribution in [1.29, 1.82) is 0 Å². The number of aliphatic hydroxyl groups excluding tert-OH is 2. The van der Waals surface area contributed by atoms with Crippen LogP contribution in [0.4, 0.5) is 0 Å². The van der Waals surface area contributed by atoms with E-state index in [-0.39, 0.29) is 6.61 Å². The smallest absolute Gasteiger partial charge is 0.184 e. The van der Waals surface area contributed by atoms with Gasteiger partial charge >= 0.3 is 0 Å². The van der Waals surface area contributed by atoms with Gasteiger partial charge in [-0.05, 0) is 11.1 Å². The molecule has 1 saturated heterocycles. The second-order valence-corrected chi connectivity index (χ2v) is 5.82. The first-order valence-electron chi connectivity index (χ1n) is 8.03. The molecule has 3 rings (SSSR count). The monoisotopic (exact) mass is 330 g/mol. The van der Waals surface area contributed by atoms with Crippen molar-refractivity contribution in [3.8, 4) is 0 Å². The highest BCUT2D eigenvalue weighted by Crippen LogP contribution is 2.24. The summed E-state index contributed by atoms with van der Waals surface area (Å²) in [7, 11) is 0. The Morgan fingerprint density at radius 3 is 2.04 bits per heavy atom. The van der Waals surface area contributed by atoms with E-state index in [9.17, 15) is 10.2 Å². The Bertz CT molecular complexity index is 604. The quantitative estimate of drug-likeness (QED) is 0.811. The number of aliphatic hydroxyl groups is 2. The summed E-state index contributed by atoms with van der Waals surface area (Å²) in [6.07, 6.45) is -3.48. The number of rotatable bonds is 7. The summed E-state index contributed by atoms with van der Waals surface area (Å²) in [6.45, 7) is 1.02. The summed E-state index contributed by atoms with van der Waals surface area (Å²) in [5.74, 6) is 0. The molecule has 0 radical (unpaired) electrons. The number of hydrogen-bond acceptors (Lipinski definition) is 5. The van der Waals surface area contributed by atoms with Crippen LogP contribution in [0, 0.1) is 0 Å². The normalized spacial score (nSPS) is 26.6. The topological polar surface area (TPSA) is 68.2 Å². The third kappa shape index (κ3) is 4.41. The van der Waals surface area contributed by atoms with Gasteiger partial charge in [-0.3, -0.25) is 0 Å². The molecular formula is C19H22O5. The average Bonchev–Trinajstić information content (AvgIpc) is 2.89. The van der Waals surface area contributed by atoms with Crippen molar-refractivity contribution < 1.29 is 24.4 Å². The van der Waals surface area contributed by atoms with Crippen molar-refractivity contribution in [1.82, 2.24) is 0 Å². The second kappa shape index (κ2) is 8.37. The molecule has 2 N–H and O–H groups in total. The Balaban J connectivity index is 1.52. The highest BCUT2D eigenvalue weighted by Gasteiger charge is 2.43. The first-order chi connectivity index (χ1) is 11.7. The molecule has 4 atom stereocenters. The van der Waals surface area contributed by atoms with Gasteiger partial charge < -0.3 is 24.4 Å². The van der Waals surface area contributed by atoms with Gasteiger partial charge in [0.1, 0.15) is 18.3 Å². The lowest BCUT2D eigenvalue weighted by molar-refractivity contribution is -0.137. The predicted molar refractivity (Wildman–Crippen MR) is 88.0 cm³/mol. The fourth-order valence-corrected chi connectivity index (χ4v) is 2.69. The maximum absolute atomic E-state index is 10.1. The highest BCUT2D eigenvalue weighted by atomic mass is 16.7. The van der Waals surface area contributed by atoms with Crippen molar-refractivity contribution in [2.45, 2.75) is 37.8 Å². The zero-order valence-electron chi connectivity index (χ0n) is 13.3. The van der Waals surface area contributed by atoms with Gasteiger partial charge in [0.05, 0.1) is 19.8 Å². The van der Waals surface area contributed by atoms with Crippen molar-refractivity contribution >= 4 is 0 Å². The highest BCUT2D eigenvalue weighted by molar-refractivity contribution is 5.14. The third-order valence-electron chi connectivity index (χ3n) is 3.99. The standard InChI is InChI=1S/C19H22O5/c20-17-18(23-12-15-9-5-2-6-10-15)16(24-19(17)21)13-22-11-14-7-3-1-4-8-14/h1-10,16-21H,11-13H2/t16-,17-,18-,19+/m0/s1. The van der Waals surface area contributed by atoms with Crippen molar-refractivity contribution in [2.75, 3.05) is 6.61 Å². The van der Waals surface area contributed by atoms with E-state index in [4.69, 9.17) is 14.2 Å². The van der Waals surface area contributed by atoms with E-state index in [1.165, 1.54) is 0 Å². The molecule has 0 spiro atoms. The van der Waals surface area contributed by atoms with Gasteiger partial charge in [-0.15, -0.1) is 0 Å². The Morgan fingerprint density at radius 1 is 0.833 bits per heavy atom. The molecule has 1 fully saturated rings. The molecule has 128 valence electrons. The molecule has 1 aliphatic heterocycles. The van der Waals surface area contributed by atoms with Crippen LogP contribution in [-0.4, -0.2) is 41.4 Å². The van der Waals surface area contributed by atoms with Crippen LogP contribution in [0.15, 0.2) is 60.7 Å². The van der Waals surface area contributed by atoms with Crippen LogP contribution in [0.5, 0.6) is 0 Å². The first-order valence-corrected chi connectivity index (χ1v) is 8.03. The van der Waals surface area contributed by atoms with Gasteiger partial charge in [-0.1, -0.05) is 60.7 Å². The molecule has 0 amide bonds. The zero-order valence-corrected chi connectivity index (χ0v) is 13.3. The van der Waals surface area contributed by atoms with Gasteiger partial charge in [0.25, 0.3) is 0 Å². The lowest BCUT2D eigenvalue weighted by atomic mass is 10.1. The molecule has 5 heteroatoms. The maximum atomic E-state index is 10.1. The lowest BCUT2D eigenvalue weighted by Crippen LogP contribution is -2.37. The van der Waals surface area contributed by atoms with Gasteiger partial charge in [0.15, 0.2) is 6.29 Å². The Labute approximate surface area is 141 Å². The van der Waals surface area contributed by atoms with E-state index >= 15 is 0 Å².